The summed E-state index contributed by atoms with van der Waals surface area (Å²) in [7, 11) is 1.54. The lowest BCUT2D eigenvalue weighted by Gasteiger charge is -2.22. The number of nitrogens with zero attached hydrogens (tertiary/aromatic N) is 1. The van der Waals surface area contributed by atoms with E-state index in [2.05, 4.69) is 0 Å². The molecule has 0 saturated heterocycles. The van der Waals surface area contributed by atoms with E-state index in [1.807, 2.05) is 5.32 Å². The van der Waals surface area contributed by atoms with Crippen molar-refractivity contribution in [2.45, 2.75) is 12.2 Å². The Labute approximate surface area is 134 Å². The first-order valence-corrected chi connectivity index (χ1v) is 6.77. The Balaban J connectivity index is 2.28. The summed E-state index contributed by atoms with van der Waals surface area (Å²) in [5, 5.41) is 10.5. The van der Waals surface area contributed by atoms with Crippen LogP contribution in [-0.2, 0) is 7.05 Å². The lowest BCUT2D eigenvalue weighted by atomic mass is 10.0. The number of benzene rings is 1. The summed E-state index contributed by atoms with van der Waals surface area (Å²) in [6, 6.07) is 5.08. The molecule has 0 aliphatic heterocycles. The van der Waals surface area contributed by atoms with Crippen molar-refractivity contribution in [1.29, 1.82) is 0 Å². The number of alkyl halides is 3. The van der Waals surface area contributed by atoms with E-state index >= 15 is 0 Å². The minimum atomic E-state index is -4.72. The molecule has 6 nitrogen and oxygen atoms in total. The topological polar surface area (TPSA) is 83.4 Å². The van der Waals surface area contributed by atoms with Crippen LogP contribution < -0.4 is 10.8 Å². The summed E-state index contributed by atoms with van der Waals surface area (Å²) in [5.41, 5.74) is 1.21. The second kappa shape index (κ2) is 6.75. The van der Waals surface area contributed by atoms with Gasteiger partial charge in [0.1, 0.15) is 5.69 Å². The number of rotatable bonds is 4. The van der Waals surface area contributed by atoms with Crippen LogP contribution >= 0.6 is 0 Å². The molecule has 1 heterocycles. The quantitative estimate of drug-likeness (QED) is 0.589. The molecule has 0 aliphatic carbocycles. The zero-order valence-corrected chi connectivity index (χ0v) is 12.5. The average molecular weight is 341 g/mol. The van der Waals surface area contributed by atoms with Crippen molar-refractivity contribution in [1.82, 2.24) is 15.4 Å². The summed E-state index contributed by atoms with van der Waals surface area (Å²) in [4.78, 5) is 23.3. The zero-order chi connectivity index (χ0) is 17.9. The Kier molecular flexibility index (Phi) is 4.93. The summed E-state index contributed by atoms with van der Waals surface area (Å²) in [6.07, 6.45) is -3.18. The van der Waals surface area contributed by atoms with Crippen LogP contribution in [0.1, 0.15) is 32.5 Å². The van der Waals surface area contributed by atoms with Crippen molar-refractivity contribution in [3.8, 4) is 0 Å². The summed E-state index contributed by atoms with van der Waals surface area (Å²) < 4.78 is 41.3. The van der Waals surface area contributed by atoms with E-state index < -0.39 is 24.0 Å². The third-order valence-corrected chi connectivity index (χ3v) is 3.39. The van der Waals surface area contributed by atoms with Gasteiger partial charge in [0.2, 0.25) is 0 Å². The second-order valence-electron chi connectivity index (χ2n) is 5.02. The van der Waals surface area contributed by atoms with Crippen molar-refractivity contribution in [3.05, 3.63) is 59.4 Å². The lowest BCUT2D eigenvalue weighted by molar-refractivity contribution is -0.155. The maximum absolute atomic E-state index is 13.3. The number of aromatic nitrogens is 1. The molecule has 2 rings (SSSR count). The molecule has 1 atom stereocenters. The molecule has 0 saturated carbocycles. The van der Waals surface area contributed by atoms with E-state index in [9.17, 15) is 22.8 Å². The van der Waals surface area contributed by atoms with Crippen molar-refractivity contribution >= 4 is 11.8 Å². The number of amides is 2. The van der Waals surface area contributed by atoms with Gasteiger partial charge in [-0.05, 0) is 29.8 Å². The second-order valence-corrected chi connectivity index (χ2v) is 5.02. The first-order valence-electron chi connectivity index (χ1n) is 6.77. The van der Waals surface area contributed by atoms with Gasteiger partial charge in [0.05, 0.1) is 0 Å². The van der Waals surface area contributed by atoms with Crippen LogP contribution in [0.4, 0.5) is 13.2 Å². The molecule has 0 fully saturated rings. The third kappa shape index (κ3) is 3.74. The lowest BCUT2D eigenvalue weighted by Crippen LogP contribution is -2.38. The molecule has 2 amide bonds. The van der Waals surface area contributed by atoms with Crippen molar-refractivity contribution in [2.75, 3.05) is 0 Å². The van der Waals surface area contributed by atoms with Crippen molar-refractivity contribution in [3.63, 3.8) is 0 Å². The normalized spacial score (nSPS) is 12.5. The molecular formula is C15H14F3N3O3. The Morgan fingerprint density at radius 3 is 2.21 bits per heavy atom. The maximum Gasteiger partial charge on any atom is 0.412 e. The molecule has 0 bridgehead atoms. The van der Waals surface area contributed by atoms with Gasteiger partial charge in [0.25, 0.3) is 11.8 Å². The van der Waals surface area contributed by atoms with E-state index in [0.717, 1.165) is 24.3 Å². The Hall–Kier alpha value is -2.81. The zero-order valence-electron chi connectivity index (χ0n) is 12.5. The van der Waals surface area contributed by atoms with Crippen LogP contribution in [0.5, 0.6) is 0 Å². The first-order chi connectivity index (χ1) is 11.2. The van der Waals surface area contributed by atoms with Crippen LogP contribution in [0.3, 0.4) is 0 Å². The predicted molar refractivity (Wildman–Crippen MR) is 77.4 cm³/mol. The Bertz CT molecular complexity index is 738. The standard InChI is InChI=1S/C15H14F3N3O3/c1-21-8-2-3-11(21)14(23)19-12(15(16,17)18)9-4-6-10(7-5-9)13(22)20-24/h2-8,12,24H,1H3,(H,19,23)(H,20,22). The first kappa shape index (κ1) is 17.5. The van der Waals surface area contributed by atoms with Gasteiger partial charge in [-0.1, -0.05) is 12.1 Å². The van der Waals surface area contributed by atoms with Gasteiger partial charge in [-0.25, -0.2) is 5.48 Å². The van der Waals surface area contributed by atoms with Crippen LogP contribution in [0.25, 0.3) is 0 Å². The highest BCUT2D eigenvalue weighted by Crippen LogP contribution is 2.33. The fourth-order valence-electron chi connectivity index (χ4n) is 2.15. The van der Waals surface area contributed by atoms with Gasteiger partial charge in [0, 0.05) is 18.8 Å². The van der Waals surface area contributed by atoms with Gasteiger partial charge in [0.15, 0.2) is 6.04 Å². The third-order valence-electron chi connectivity index (χ3n) is 3.39. The summed E-state index contributed by atoms with van der Waals surface area (Å²) in [6.45, 7) is 0. The van der Waals surface area contributed by atoms with E-state index in [-0.39, 0.29) is 16.8 Å². The monoisotopic (exact) mass is 341 g/mol. The van der Waals surface area contributed by atoms with Crippen LogP contribution in [0.15, 0.2) is 42.6 Å². The summed E-state index contributed by atoms with van der Waals surface area (Å²) in [5.74, 6) is -1.72. The Morgan fingerprint density at radius 2 is 1.75 bits per heavy atom. The molecule has 128 valence electrons. The maximum atomic E-state index is 13.3. The smallest absolute Gasteiger partial charge is 0.347 e. The van der Waals surface area contributed by atoms with Crippen molar-refractivity contribution < 1.29 is 28.0 Å². The van der Waals surface area contributed by atoms with E-state index in [0.29, 0.717) is 0 Å². The van der Waals surface area contributed by atoms with Gasteiger partial charge in [-0.3, -0.25) is 14.8 Å². The molecule has 0 radical (unpaired) electrons. The molecule has 2 aromatic rings. The fraction of sp³-hybridized carbons (Fsp3) is 0.200. The van der Waals surface area contributed by atoms with Crippen LogP contribution in [0, 0.1) is 0 Å². The molecule has 0 aliphatic rings. The van der Waals surface area contributed by atoms with Crippen LogP contribution in [0.2, 0.25) is 0 Å². The Morgan fingerprint density at radius 1 is 1.12 bits per heavy atom. The van der Waals surface area contributed by atoms with Crippen molar-refractivity contribution in [2.24, 2.45) is 7.05 Å². The van der Waals surface area contributed by atoms with Gasteiger partial charge in [-0.2, -0.15) is 13.2 Å². The predicted octanol–water partition coefficient (Wildman–Crippen LogP) is 2.18. The largest absolute Gasteiger partial charge is 0.412 e. The minimum Gasteiger partial charge on any atom is -0.347 e. The molecular weight excluding hydrogens is 327 g/mol. The van der Waals surface area contributed by atoms with E-state index in [1.54, 1.807) is 19.3 Å². The van der Waals surface area contributed by atoms with Gasteiger partial charge >= 0.3 is 6.18 Å². The van der Waals surface area contributed by atoms with Gasteiger partial charge in [-0.15, -0.1) is 0 Å². The van der Waals surface area contributed by atoms with E-state index in [4.69, 9.17) is 5.21 Å². The average Bonchev–Trinajstić information content (AvgIpc) is 2.97. The fourth-order valence-corrected chi connectivity index (χ4v) is 2.15. The molecule has 24 heavy (non-hydrogen) atoms. The number of nitrogens with one attached hydrogen (secondary N) is 2. The highest BCUT2D eigenvalue weighted by Gasteiger charge is 2.42. The molecule has 1 aromatic carbocycles. The number of halogens is 3. The number of aryl methyl sites for hydroxylation is 1. The number of carbonyl (C=O) groups is 2. The summed E-state index contributed by atoms with van der Waals surface area (Å²) >= 11 is 0. The minimum absolute atomic E-state index is 0.0177. The SMILES string of the molecule is Cn1cccc1C(=O)NC(c1ccc(C(=O)NO)cc1)C(F)(F)F. The molecule has 0 spiro atoms. The molecule has 1 aromatic heterocycles. The molecule has 3 N–H and O–H groups in total. The molecule has 9 heteroatoms. The number of carbonyl (C=O) groups excluding carboxylic acids is 2. The number of hydroxylamine groups is 1. The van der Waals surface area contributed by atoms with E-state index in [1.165, 1.54) is 16.1 Å². The highest BCUT2D eigenvalue weighted by atomic mass is 19.4. The highest BCUT2D eigenvalue weighted by molar-refractivity contribution is 5.94. The van der Waals surface area contributed by atoms with Crippen LogP contribution in [-0.4, -0.2) is 27.8 Å². The number of hydrogen-bond acceptors (Lipinski definition) is 3. The number of hydrogen-bond donors (Lipinski definition) is 3. The van der Waals surface area contributed by atoms with Gasteiger partial charge < -0.3 is 9.88 Å². The molecule has 1 unspecified atom stereocenters.